The molecule has 4 rings (SSSR count). The van der Waals surface area contributed by atoms with Crippen LogP contribution < -0.4 is 10.1 Å². The minimum atomic E-state index is -0.133. The fraction of sp³-hybridized carbons (Fsp3) is 0.333. The molecule has 1 heterocycles. The van der Waals surface area contributed by atoms with E-state index in [1.165, 1.54) is 22.3 Å². The van der Waals surface area contributed by atoms with E-state index in [4.69, 9.17) is 9.47 Å². The zero-order valence-electron chi connectivity index (χ0n) is 18.8. The summed E-state index contributed by atoms with van der Waals surface area (Å²) in [5.41, 5.74) is 6.05. The summed E-state index contributed by atoms with van der Waals surface area (Å²) in [6.45, 7) is 2.84. The first-order valence-corrected chi connectivity index (χ1v) is 11.3. The summed E-state index contributed by atoms with van der Waals surface area (Å²) < 4.78 is 11.3. The number of benzene rings is 2. The maximum atomic E-state index is 12.2. The molecule has 1 atom stereocenters. The van der Waals surface area contributed by atoms with Gasteiger partial charge in [-0.1, -0.05) is 36.4 Å². The Balaban J connectivity index is 1.48. The second-order valence-electron chi connectivity index (χ2n) is 8.08. The third-order valence-corrected chi connectivity index (χ3v) is 5.93. The van der Waals surface area contributed by atoms with Crippen molar-refractivity contribution < 1.29 is 14.3 Å². The highest BCUT2D eigenvalue weighted by molar-refractivity contribution is 5.71. The lowest BCUT2D eigenvalue weighted by molar-refractivity contribution is -0.143. The van der Waals surface area contributed by atoms with E-state index in [0.717, 1.165) is 36.5 Å². The summed E-state index contributed by atoms with van der Waals surface area (Å²) in [6, 6.07) is 20.7. The van der Waals surface area contributed by atoms with Crippen LogP contribution in [-0.2, 0) is 28.8 Å². The molecule has 0 saturated heterocycles. The molecule has 0 spiro atoms. The van der Waals surface area contributed by atoms with Gasteiger partial charge in [0.05, 0.1) is 19.6 Å². The molecule has 0 fully saturated rings. The Labute approximate surface area is 189 Å². The number of fused-ring (bicyclic) bond motifs is 2. The van der Waals surface area contributed by atoms with Gasteiger partial charge in [0.1, 0.15) is 11.6 Å². The van der Waals surface area contributed by atoms with E-state index < -0.39 is 0 Å². The van der Waals surface area contributed by atoms with Crippen molar-refractivity contribution in [3.05, 3.63) is 88.6 Å². The van der Waals surface area contributed by atoms with Gasteiger partial charge in [-0.25, -0.2) is 4.98 Å². The van der Waals surface area contributed by atoms with Crippen molar-refractivity contribution in [2.75, 3.05) is 25.6 Å². The van der Waals surface area contributed by atoms with Crippen LogP contribution in [0.2, 0.25) is 0 Å². The number of nitrogens with one attached hydrogen (secondary N) is 1. The Bertz CT molecular complexity index is 1080. The number of carbonyl (C=O) groups excluding carboxylic acids is 1. The van der Waals surface area contributed by atoms with Crippen LogP contribution in [0.4, 0.5) is 5.82 Å². The van der Waals surface area contributed by atoms with Gasteiger partial charge in [-0.2, -0.15) is 0 Å². The monoisotopic (exact) mass is 430 g/mol. The third-order valence-electron chi connectivity index (χ3n) is 5.93. The molecule has 2 aromatic carbocycles. The van der Waals surface area contributed by atoms with Crippen LogP contribution in [0, 0.1) is 0 Å². The smallest absolute Gasteiger partial charge is 0.306 e. The Morgan fingerprint density at radius 3 is 2.78 bits per heavy atom. The van der Waals surface area contributed by atoms with Crippen LogP contribution in [0.15, 0.2) is 60.7 Å². The average molecular weight is 431 g/mol. The number of pyridine rings is 1. The number of rotatable bonds is 8. The summed E-state index contributed by atoms with van der Waals surface area (Å²) in [6.07, 6.45) is 2.82. The molecular formula is C27H30N2O3. The quantitative estimate of drug-likeness (QED) is 0.514. The van der Waals surface area contributed by atoms with Crippen LogP contribution in [0.3, 0.4) is 0 Å². The molecule has 5 nitrogen and oxygen atoms in total. The molecule has 1 N–H and O–H groups in total. The molecule has 1 aliphatic carbocycles. The Hall–Kier alpha value is -3.34. The molecule has 0 bridgehead atoms. The Morgan fingerprint density at radius 2 is 1.94 bits per heavy atom. The van der Waals surface area contributed by atoms with E-state index >= 15 is 0 Å². The predicted molar refractivity (Wildman–Crippen MR) is 126 cm³/mol. The number of esters is 1. The van der Waals surface area contributed by atoms with E-state index in [2.05, 4.69) is 46.7 Å². The van der Waals surface area contributed by atoms with Gasteiger partial charge in [0.15, 0.2) is 0 Å². The molecule has 0 amide bonds. The van der Waals surface area contributed by atoms with Crippen molar-refractivity contribution in [3.8, 4) is 5.75 Å². The first-order chi connectivity index (χ1) is 15.7. The van der Waals surface area contributed by atoms with Gasteiger partial charge in [0.2, 0.25) is 0 Å². The predicted octanol–water partition coefficient (Wildman–Crippen LogP) is 4.93. The topological polar surface area (TPSA) is 60.5 Å². The molecular weight excluding hydrogens is 400 g/mol. The average Bonchev–Trinajstić information content (AvgIpc) is 2.95. The molecule has 1 aliphatic rings. The lowest BCUT2D eigenvalue weighted by Gasteiger charge is -2.17. The number of hydrogen-bond donors (Lipinski definition) is 1. The zero-order valence-corrected chi connectivity index (χ0v) is 18.8. The SMILES string of the molecule is CCOC(=O)C[C@@H]1Cc2ccc(OCCc3cccc(NC)n3)cc2Cc2ccccc21. The number of nitrogens with zero attached hydrogens (tertiary/aromatic N) is 1. The van der Waals surface area contributed by atoms with Crippen molar-refractivity contribution in [2.45, 2.75) is 38.5 Å². The Kier molecular flexibility index (Phi) is 7.05. The summed E-state index contributed by atoms with van der Waals surface area (Å²) in [5, 5.41) is 3.07. The van der Waals surface area contributed by atoms with Crippen molar-refractivity contribution in [1.29, 1.82) is 0 Å². The number of carbonyl (C=O) groups is 1. The van der Waals surface area contributed by atoms with Crippen molar-refractivity contribution in [2.24, 2.45) is 0 Å². The van der Waals surface area contributed by atoms with Gasteiger partial charge in [-0.3, -0.25) is 4.79 Å². The second-order valence-corrected chi connectivity index (χ2v) is 8.08. The van der Waals surface area contributed by atoms with Crippen molar-refractivity contribution >= 4 is 11.8 Å². The highest BCUT2D eigenvalue weighted by Crippen LogP contribution is 2.35. The maximum Gasteiger partial charge on any atom is 0.306 e. The molecule has 32 heavy (non-hydrogen) atoms. The second kappa shape index (κ2) is 10.3. The van der Waals surface area contributed by atoms with Crippen LogP contribution in [0.1, 0.15) is 47.2 Å². The van der Waals surface area contributed by atoms with Gasteiger partial charge in [0.25, 0.3) is 0 Å². The third kappa shape index (κ3) is 5.28. The lowest BCUT2D eigenvalue weighted by atomic mass is 9.89. The molecule has 0 aliphatic heterocycles. The Morgan fingerprint density at radius 1 is 1.06 bits per heavy atom. The van der Waals surface area contributed by atoms with Gasteiger partial charge < -0.3 is 14.8 Å². The highest BCUT2D eigenvalue weighted by atomic mass is 16.5. The van der Waals surface area contributed by atoms with E-state index in [9.17, 15) is 4.79 Å². The van der Waals surface area contributed by atoms with Gasteiger partial charge in [-0.05, 0) is 72.2 Å². The van der Waals surface area contributed by atoms with Crippen LogP contribution >= 0.6 is 0 Å². The minimum absolute atomic E-state index is 0.129. The zero-order chi connectivity index (χ0) is 22.3. The van der Waals surface area contributed by atoms with Gasteiger partial charge >= 0.3 is 5.97 Å². The number of aromatic nitrogens is 1. The molecule has 5 heteroatoms. The number of hydrogen-bond acceptors (Lipinski definition) is 5. The number of ether oxygens (including phenoxy) is 2. The minimum Gasteiger partial charge on any atom is -0.493 e. The first-order valence-electron chi connectivity index (χ1n) is 11.3. The van der Waals surface area contributed by atoms with Crippen LogP contribution in [0.25, 0.3) is 0 Å². The van der Waals surface area contributed by atoms with Crippen molar-refractivity contribution in [1.82, 2.24) is 4.98 Å². The maximum absolute atomic E-state index is 12.2. The molecule has 3 aromatic rings. The van der Waals surface area contributed by atoms with Gasteiger partial charge in [0, 0.05) is 19.2 Å². The molecule has 166 valence electrons. The summed E-state index contributed by atoms with van der Waals surface area (Å²) in [7, 11) is 1.87. The first kappa shape index (κ1) is 21.9. The summed E-state index contributed by atoms with van der Waals surface area (Å²) >= 11 is 0. The van der Waals surface area contributed by atoms with E-state index in [-0.39, 0.29) is 11.9 Å². The fourth-order valence-corrected chi connectivity index (χ4v) is 4.36. The molecule has 0 saturated carbocycles. The van der Waals surface area contributed by atoms with Gasteiger partial charge in [-0.15, -0.1) is 0 Å². The highest BCUT2D eigenvalue weighted by Gasteiger charge is 2.24. The molecule has 0 unspecified atom stereocenters. The summed E-state index contributed by atoms with van der Waals surface area (Å²) in [5.74, 6) is 1.73. The lowest BCUT2D eigenvalue weighted by Crippen LogP contribution is -2.13. The largest absolute Gasteiger partial charge is 0.493 e. The molecule has 1 aromatic heterocycles. The van der Waals surface area contributed by atoms with E-state index in [1.54, 1.807) is 0 Å². The fourth-order valence-electron chi connectivity index (χ4n) is 4.36. The van der Waals surface area contributed by atoms with Crippen LogP contribution in [0.5, 0.6) is 5.75 Å². The standard InChI is InChI=1S/C27H30N2O3/c1-3-31-27(30)18-22-15-19-11-12-24(17-21(19)16-20-7-4-5-9-25(20)22)32-14-13-23-8-6-10-26(28-2)29-23/h4-12,17,22H,3,13-16,18H2,1-2H3,(H,28,29)/t22-/m0/s1. The van der Waals surface area contributed by atoms with E-state index in [0.29, 0.717) is 19.6 Å². The van der Waals surface area contributed by atoms with Crippen LogP contribution in [-0.4, -0.2) is 31.2 Å². The van der Waals surface area contributed by atoms with Crippen molar-refractivity contribution in [3.63, 3.8) is 0 Å². The number of anilines is 1. The van der Waals surface area contributed by atoms with E-state index in [1.807, 2.05) is 38.2 Å². The molecule has 0 radical (unpaired) electrons. The summed E-state index contributed by atoms with van der Waals surface area (Å²) in [4.78, 5) is 16.8. The normalized spacial score (nSPS) is 14.6.